The zero-order chi connectivity index (χ0) is 29.0. The summed E-state index contributed by atoms with van der Waals surface area (Å²) < 4.78 is 42.5. The Morgan fingerprint density at radius 2 is 1.73 bits per heavy atom. The summed E-state index contributed by atoms with van der Waals surface area (Å²) in [5, 5.41) is 0. The molecular weight excluding hydrogens is 520 g/mol. The Kier molecular flexibility index (Phi) is 8.05. The molecule has 2 aliphatic carbocycles. The third-order valence-electron chi connectivity index (χ3n) is 11.1. The van der Waals surface area contributed by atoms with Crippen LogP contribution in [0.2, 0.25) is 0 Å². The first-order valence-corrected chi connectivity index (χ1v) is 14.9. The van der Waals surface area contributed by atoms with Gasteiger partial charge in [-0.15, -0.1) is 0 Å². The molecule has 0 aromatic rings. The zero-order valence-corrected chi connectivity index (χ0v) is 24.9. The summed E-state index contributed by atoms with van der Waals surface area (Å²) in [6, 6.07) is 0. The van der Waals surface area contributed by atoms with Crippen molar-refractivity contribution in [2.75, 3.05) is 20.3 Å². The number of esters is 3. The molecule has 5 fully saturated rings. The summed E-state index contributed by atoms with van der Waals surface area (Å²) in [5.74, 6) is -1.10. The lowest BCUT2D eigenvalue weighted by Gasteiger charge is -2.64. The highest BCUT2D eigenvalue weighted by Gasteiger charge is 2.80. The van der Waals surface area contributed by atoms with Crippen LogP contribution in [-0.4, -0.2) is 74.7 Å². The van der Waals surface area contributed by atoms with E-state index in [4.69, 9.17) is 33.2 Å². The van der Waals surface area contributed by atoms with Crippen molar-refractivity contribution < 1.29 is 47.5 Å². The van der Waals surface area contributed by atoms with Gasteiger partial charge in [0.2, 0.25) is 0 Å². The normalized spacial score (nSPS) is 46.3. The molecule has 0 aromatic heterocycles. The molecule has 0 aromatic carbocycles. The predicted octanol–water partition coefficient (Wildman–Crippen LogP) is 3.77. The largest absolute Gasteiger partial charge is 0.465 e. The first kappa shape index (κ1) is 29.7. The van der Waals surface area contributed by atoms with Gasteiger partial charge in [-0.05, 0) is 43.9 Å². The first-order valence-electron chi connectivity index (χ1n) is 14.9. The lowest BCUT2D eigenvalue weighted by atomic mass is 9.42. The van der Waals surface area contributed by atoms with Gasteiger partial charge in [0.1, 0.15) is 24.4 Å². The molecule has 0 radical (unpaired) electrons. The van der Waals surface area contributed by atoms with Crippen LogP contribution in [0.4, 0.5) is 0 Å². The summed E-state index contributed by atoms with van der Waals surface area (Å²) in [6.45, 7) is 11.4. The highest BCUT2D eigenvalue weighted by atomic mass is 16.8. The van der Waals surface area contributed by atoms with Crippen LogP contribution in [0.5, 0.6) is 0 Å². The van der Waals surface area contributed by atoms with Crippen molar-refractivity contribution in [1.82, 2.24) is 0 Å². The van der Waals surface area contributed by atoms with Gasteiger partial charge in [0.15, 0.2) is 12.6 Å². The van der Waals surface area contributed by atoms with Gasteiger partial charge in [0, 0.05) is 38.7 Å². The van der Waals surface area contributed by atoms with E-state index in [1.54, 1.807) is 7.11 Å². The minimum atomic E-state index is -0.928. The number of carbonyl (C=O) groups excluding carboxylic acids is 3. The van der Waals surface area contributed by atoms with E-state index in [-0.39, 0.29) is 60.3 Å². The molecule has 5 aliphatic rings. The van der Waals surface area contributed by atoms with Crippen LogP contribution in [0.1, 0.15) is 80.1 Å². The fourth-order valence-corrected chi connectivity index (χ4v) is 8.51. The molecule has 2 saturated carbocycles. The topological polar surface area (TPSA) is 119 Å². The van der Waals surface area contributed by atoms with Crippen molar-refractivity contribution in [2.24, 2.45) is 34.5 Å². The molecule has 0 bridgehead atoms. The van der Waals surface area contributed by atoms with Gasteiger partial charge in [-0.1, -0.05) is 27.7 Å². The Hall–Kier alpha value is -1.75. The van der Waals surface area contributed by atoms with Crippen molar-refractivity contribution in [1.29, 1.82) is 0 Å². The second kappa shape index (κ2) is 10.8. The molecule has 226 valence electrons. The molecule has 12 atom stereocenters. The number of epoxide rings is 1. The van der Waals surface area contributed by atoms with E-state index in [1.807, 2.05) is 13.8 Å². The van der Waals surface area contributed by atoms with E-state index in [1.165, 1.54) is 13.8 Å². The first-order chi connectivity index (χ1) is 18.9. The smallest absolute Gasteiger partial charge is 0.309 e. The van der Waals surface area contributed by atoms with Crippen LogP contribution in [-0.2, 0) is 47.5 Å². The van der Waals surface area contributed by atoms with E-state index in [9.17, 15) is 14.4 Å². The summed E-state index contributed by atoms with van der Waals surface area (Å²) in [7, 11) is 1.65. The third kappa shape index (κ3) is 4.57. The van der Waals surface area contributed by atoms with Crippen molar-refractivity contribution in [3.8, 4) is 0 Å². The minimum absolute atomic E-state index is 0.00641. The number of rotatable bonds is 8. The van der Waals surface area contributed by atoms with Crippen molar-refractivity contribution in [3.63, 3.8) is 0 Å². The highest BCUT2D eigenvalue weighted by Crippen LogP contribution is 2.70. The maximum Gasteiger partial charge on any atom is 0.309 e. The van der Waals surface area contributed by atoms with Crippen LogP contribution in [0.15, 0.2) is 0 Å². The summed E-state index contributed by atoms with van der Waals surface area (Å²) in [6.07, 6.45) is 2.27. The fourth-order valence-electron chi connectivity index (χ4n) is 8.51. The highest BCUT2D eigenvalue weighted by molar-refractivity contribution is 5.72. The number of hydrogen-bond acceptors (Lipinski definition) is 10. The molecule has 3 aliphatic heterocycles. The van der Waals surface area contributed by atoms with Gasteiger partial charge in [-0.25, -0.2) is 0 Å². The maximum atomic E-state index is 13.0. The van der Waals surface area contributed by atoms with Gasteiger partial charge in [0.05, 0.1) is 24.0 Å². The summed E-state index contributed by atoms with van der Waals surface area (Å²) in [4.78, 5) is 37.8. The Morgan fingerprint density at radius 1 is 1.00 bits per heavy atom. The van der Waals surface area contributed by atoms with E-state index in [2.05, 4.69) is 13.8 Å². The molecule has 10 heteroatoms. The van der Waals surface area contributed by atoms with Gasteiger partial charge >= 0.3 is 17.9 Å². The third-order valence-corrected chi connectivity index (χ3v) is 11.1. The summed E-state index contributed by atoms with van der Waals surface area (Å²) in [5.41, 5.74) is -2.22. The molecule has 3 heterocycles. The van der Waals surface area contributed by atoms with E-state index in [0.29, 0.717) is 32.3 Å². The Balaban J connectivity index is 1.56. The Labute approximate surface area is 237 Å². The molecular formula is C30H46O10. The number of fused-ring (bicyclic) bond motifs is 3. The second-order valence-electron chi connectivity index (χ2n) is 13.0. The summed E-state index contributed by atoms with van der Waals surface area (Å²) >= 11 is 0. The Morgan fingerprint density at radius 3 is 2.30 bits per heavy atom. The molecule has 0 unspecified atom stereocenters. The van der Waals surface area contributed by atoms with E-state index < -0.39 is 35.2 Å². The van der Waals surface area contributed by atoms with Crippen LogP contribution < -0.4 is 0 Å². The molecule has 5 rings (SSSR count). The average Bonchev–Trinajstić information content (AvgIpc) is 3.44. The van der Waals surface area contributed by atoms with E-state index >= 15 is 0 Å². The lowest BCUT2D eigenvalue weighted by Crippen LogP contribution is -2.72. The quantitative estimate of drug-likeness (QED) is 0.244. The Bertz CT molecular complexity index is 981. The van der Waals surface area contributed by atoms with Crippen molar-refractivity contribution in [2.45, 2.75) is 117 Å². The molecule has 0 amide bonds. The molecule has 10 nitrogen and oxygen atoms in total. The number of hydrogen-bond donors (Lipinski definition) is 0. The van der Waals surface area contributed by atoms with Gasteiger partial charge in [0.25, 0.3) is 0 Å². The number of ether oxygens (including phenoxy) is 7. The monoisotopic (exact) mass is 566 g/mol. The van der Waals surface area contributed by atoms with Crippen molar-refractivity contribution in [3.05, 3.63) is 0 Å². The standard InChI is InChI=1S/C30H46O10/c1-8-16(2)26(33)38-22-10-9-21-28(6,23-12-20-13-25(34-7)40-27(20)39-23)17(3)11-24(37-19(5)32)29(21,14-35-18(4)31)30(22)15-36-30/h16-17,20-25,27H,8-15H2,1-7H3/t16-,17-,20+,21-,22+,23+,24+,25+,27-,28+,29+,30-/m1/s1. The minimum Gasteiger partial charge on any atom is -0.465 e. The van der Waals surface area contributed by atoms with Gasteiger partial charge in [-0.3, -0.25) is 14.4 Å². The SMILES string of the molecule is CC[C@@H](C)C(=O)O[C@H]1CC[C@@H]2[C@@](C)([C@@H]3C[C@H]4C[C@@H](OC)O[C@H]4O3)[C@H](C)C[C@H](OC(C)=O)[C@@]2(COC(C)=O)[C@@]12CO2. The molecule has 0 N–H and O–H groups in total. The van der Waals surface area contributed by atoms with Gasteiger partial charge in [-0.2, -0.15) is 0 Å². The molecule has 1 spiro atoms. The number of methoxy groups -OCH3 is 1. The van der Waals surface area contributed by atoms with Crippen LogP contribution in [0, 0.1) is 34.5 Å². The van der Waals surface area contributed by atoms with Gasteiger partial charge < -0.3 is 33.2 Å². The van der Waals surface area contributed by atoms with E-state index in [0.717, 1.165) is 12.8 Å². The van der Waals surface area contributed by atoms with Crippen molar-refractivity contribution >= 4 is 17.9 Å². The lowest BCUT2D eigenvalue weighted by molar-refractivity contribution is -0.277. The van der Waals surface area contributed by atoms with Crippen LogP contribution in [0.25, 0.3) is 0 Å². The maximum absolute atomic E-state index is 13.0. The average molecular weight is 567 g/mol. The zero-order valence-electron chi connectivity index (χ0n) is 24.9. The van der Waals surface area contributed by atoms with Crippen LogP contribution >= 0.6 is 0 Å². The number of carbonyl (C=O) groups is 3. The van der Waals surface area contributed by atoms with Crippen LogP contribution in [0.3, 0.4) is 0 Å². The fraction of sp³-hybridized carbons (Fsp3) is 0.900. The molecule has 3 saturated heterocycles. The second-order valence-corrected chi connectivity index (χ2v) is 13.0. The molecule has 40 heavy (non-hydrogen) atoms. The predicted molar refractivity (Wildman–Crippen MR) is 141 cm³/mol.